The minimum Gasteiger partial charge on any atom is -0.394 e. The second-order valence-electron chi connectivity index (χ2n) is 14.0. The first-order chi connectivity index (χ1) is 22.0. The fraction of sp³-hybridized carbons (Fsp3) is 0.974. The summed E-state index contributed by atoms with van der Waals surface area (Å²) >= 11 is 0. The van der Waals surface area contributed by atoms with Crippen LogP contribution >= 0.6 is 0 Å². The zero-order valence-electron chi connectivity index (χ0n) is 30.1. The van der Waals surface area contributed by atoms with E-state index < -0.39 is 36.9 Å². The van der Waals surface area contributed by atoms with Gasteiger partial charge in [-0.05, 0) is 12.8 Å². The van der Waals surface area contributed by atoms with Gasteiger partial charge in [0.25, 0.3) is 0 Å². The summed E-state index contributed by atoms with van der Waals surface area (Å²) in [6, 6.07) is -0.976. The molecule has 0 aliphatic heterocycles. The molecule has 0 spiro atoms. The van der Waals surface area contributed by atoms with Crippen molar-refractivity contribution in [2.45, 2.75) is 237 Å². The van der Waals surface area contributed by atoms with Crippen LogP contribution in [0.5, 0.6) is 0 Å². The van der Waals surface area contributed by atoms with Crippen molar-refractivity contribution in [3.8, 4) is 0 Å². The lowest BCUT2D eigenvalue weighted by Crippen LogP contribution is -2.53. The Kier molecular flexibility index (Phi) is 34.1. The number of nitrogens with one attached hydrogen (secondary N) is 1. The van der Waals surface area contributed by atoms with E-state index >= 15 is 0 Å². The molecule has 6 nitrogen and oxygen atoms in total. The predicted octanol–water partition coefficient (Wildman–Crippen LogP) is 9.68. The van der Waals surface area contributed by atoms with E-state index in [2.05, 4.69) is 19.2 Å². The molecule has 0 aromatic heterocycles. The molecule has 6 heteroatoms. The number of rotatable bonds is 36. The van der Waals surface area contributed by atoms with Gasteiger partial charge in [0, 0.05) is 0 Å². The van der Waals surface area contributed by atoms with E-state index in [0.29, 0.717) is 12.8 Å². The molecule has 45 heavy (non-hydrogen) atoms. The van der Waals surface area contributed by atoms with E-state index in [4.69, 9.17) is 0 Å². The molecule has 0 rings (SSSR count). The molecule has 0 unspecified atom stereocenters. The van der Waals surface area contributed by atoms with Crippen LogP contribution in [0.2, 0.25) is 0 Å². The van der Waals surface area contributed by atoms with Crippen molar-refractivity contribution in [3.05, 3.63) is 0 Å². The standard InChI is InChI=1S/C39H79NO5/c1-3-5-7-9-11-13-14-15-16-17-18-19-20-21-22-23-25-27-29-31-33-37(43)39(45)40-35(34-41)38(44)36(42)32-30-28-26-24-12-10-8-6-4-2/h35-38,41-44H,3-34H2,1-2H3,(H,40,45)/t35-,36-,37-,38+/m1/s1. The van der Waals surface area contributed by atoms with Crippen LogP contribution in [0.15, 0.2) is 0 Å². The first-order valence-corrected chi connectivity index (χ1v) is 19.9. The SMILES string of the molecule is CCCCCCCCCCCCCCCCCCCCCC[C@@H](O)C(=O)N[C@H](CO)[C@H](O)[C@H](O)CCCCCCCCCCC. The molecule has 0 heterocycles. The highest BCUT2D eigenvalue weighted by molar-refractivity contribution is 5.80. The Labute approximate surface area is 279 Å². The minimum absolute atomic E-state index is 0.375. The number of aliphatic hydroxyl groups excluding tert-OH is 4. The average Bonchev–Trinajstić information content (AvgIpc) is 3.04. The molecule has 0 fully saturated rings. The Balaban J connectivity index is 3.68. The lowest BCUT2D eigenvalue weighted by atomic mass is 9.99. The average molecular weight is 642 g/mol. The van der Waals surface area contributed by atoms with Crippen molar-refractivity contribution in [1.29, 1.82) is 0 Å². The van der Waals surface area contributed by atoms with Gasteiger partial charge in [0.05, 0.1) is 18.8 Å². The van der Waals surface area contributed by atoms with E-state index in [1.54, 1.807) is 0 Å². The third-order valence-electron chi connectivity index (χ3n) is 9.57. The van der Waals surface area contributed by atoms with Crippen LogP contribution in [-0.4, -0.2) is 57.3 Å². The molecule has 0 aliphatic carbocycles. The van der Waals surface area contributed by atoms with Crippen molar-refractivity contribution in [3.63, 3.8) is 0 Å². The van der Waals surface area contributed by atoms with Crippen LogP contribution < -0.4 is 5.32 Å². The lowest BCUT2D eigenvalue weighted by Gasteiger charge is -2.27. The molecule has 0 bridgehead atoms. The lowest BCUT2D eigenvalue weighted by molar-refractivity contribution is -0.132. The summed E-state index contributed by atoms with van der Waals surface area (Å²) in [6.07, 6.45) is 34.2. The monoisotopic (exact) mass is 642 g/mol. The highest BCUT2D eigenvalue weighted by Crippen LogP contribution is 2.16. The zero-order chi connectivity index (χ0) is 33.2. The summed E-state index contributed by atoms with van der Waals surface area (Å²) in [5, 5.41) is 43.4. The van der Waals surface area contributed by atoms with Gasteiger partial charge in [0.1, 0.15) is 12.2 Å². The molecule has 1 amide bonds. The smallest absolute Gasteiger partial charge is 0.249 e. The summed E-state index contributed by atoms with van der Waals surface area (Å²) in [6.45, 7) is 4.02. The quantitative estimate of drug-likeness (QED) is 0.0438. The first kappa shape index (κ1) is 44.3. The number of hydrogen-bond acceptors (Lipinski definition) is 5. The molecule has 0 aliphatic rings. The van der Waals surface area contributed by atoms with Gasteiger partial charge in [-0.1, -0.05) is 200 Å². The Hall–Kier alpha value is -0.690. The first-order valence-electron chi connectivity index (χ1n) is 19.9. The van der Waals surface area contributed by atoms with Crippen molar-refractivity contribution in [1.82, 2.24) is 5.32 Å². The Morgan fingerprint density at radius 2 is 0.756 bits per heavy atom. The molecule has 0 aromatic carbocycles. The molecular weight excluding hydrogens is 562 g/mol. The Morgan fingerprint density at radius 1 is 0.467 bits per heavy atom. The third kappa shape index (κ3) is 29.2. The van der Waals surface area contributed by atoms with Crippen LogP contribution in [0.25, 0.3) is 0 Å². The summed E-state index contributed by atoms with van der Waals surface area (Å²) in [5.74, 6) is -0.582. The van der Waals surface area contributed by atoms with Gasteiger partial charge in [-0.15, -0.1) is 0 Å². The summed E-state index contributed by atoms with van der Waals surface area (Å²) in [7, 11) is 0. The van der Waals surface area contributed by atoms with Crippen LogP contribution in [0.1, 0.15) is 213 Å². The number of hydrogen-bond donors (Lipinski definition) is 5. The summed E-state index contributed by atoms with van der Waals surface area (Å²) in [5.41, 5.74) is 0. The van der Waals surface area contributed by atoms with Gasteiger partial charge in [0.15, 0.2) is 0 Å². The van der Waals surface area contributed by atoms with Crippen LogP contribution in [0, 0.1) is 0 Å². The fourth-order valence-corrected chi connectivity index (χ4v) is 6.34. The minimum atomic E-state index is -1.25. The van der Waals surface area contributed by atoms with Gasteiger partial charge >= 0.3 is 0 Å². The maximum absolute atomic E-state index is 12.4. The number of carbonyl (C=O) groups is 1. The van der Waals surface area contributed by atoms with E-state index in [0.717, 1.165) is 38.5 Å². The molecule has 4 atom stereocenters. The summed E-state index contributed by atoms with van der Waals surface area (Å²) in [4.78, 5) is 12.4. The topological polar surface area (TPSA) is 110 Å². The van der Waals surface area contributed by atoms with Crippen molar-refractivity contribution < 1.29 is 25.2 Å². The molecule has 0 aromatic rings. The van der Waals surface area contributed by atoms with Gasteiger partial charge in [-0.2, -0.15) is 0 Å². The molecule has 0 radical (unpaired) electrons. The second kappa shape index (κ2) is 34.6. The normalized spacial score (nSPS) is 14.4. The zero-order valence-corrected chi connectivity index (χ0v) is 30.1. The Bertz CT molecular complexity index is 604. The Morgan fingerprint density at radius 3 is 1.07 bits per heavy atom. The van der Waals surface area contributed by atoms with Crippen molar-refractivity contribution >= 4 is 5.91 Å². The van der Waals surface area contributed by atoms with E-state index in [1.807, 2.05) is 0 Å². The summed E-state index contributed by atoms with van der Waals surface area (Å²) < 4.78 is 0. The van der Waals surface area contributed by atoms with E-state index in [9.17, 15) is 25.2 Å². The largest absolute Gasteiger partial charge is 0.394 e. The van der Waals surface area contributed by atoms with Gasteiger partial charge in [0.2, 0.25) is 5.91 Å². The fourth-order valence-electron chi connectivity index (χ4n) is 6.34. The number of carbonyl (C=O) groups excluding carboxylic acids is 1. The molecule has 5 N–H and O–H groups in total. The van der Waals surface area contributed by atoms with Crippen LogP contribution in [0.3, 0.4) is 0 Å². The number of amides is 1. The predicted molar refractivity (Wildman–Crippen MR) is 192 cm³/mol. The molecule has 0 saturated carbocycles. The second-order valence-corrected chi connectivity index (χ2v) is 14.0. The van der Waals surface area contributed by atoms with Gasteiger partial charge < -0.3 is 25.7 Å². The highest BCUT2D eigenvalue weighted by Gasteiger charge is 2.28. The third-order valence-corrected chi connectivity index (χ3v) is 9.57. The van der Waals surface area contributed by atoms with Crippen molar-refractivity contribution in [2.24, 2.45) is 0 Å². The van der Waals surface area contributed by atoms with E-state index in [-0.39, 0.29) is 0 Å². The molecular formula is C39H79NO5. The van der Waals surface area contributed by atoms with Crippen molar-refractivity contribution in [2.75, 3.05) is 6.61 Å². The molecule has 270 valence electrons. The highest BCUT2D eigenvalue weighted by atomic mass is 16.3. The van der Waals surface area contributed by atoms with Crippen LogP contribution in [0.4, 0.5) is 0 Å². The maximum atomic E-state index is 12.4. The number of aliphatic hydroxyl groups is 4. The number of unbranched alkanes of at least 4 members (excludes halogenated alkanes) is 27. The van der Waals surface area contributed by atoms with E-state index in [1.165, 1.54) is 148 Å². The van der Waals surface area contributed by atoms with Crippen LogP contribution in [-0.2, 0) is 4.79 Å². The maximum Gasteiger partial charge on any atom is 0.249 e. The van der Waals surface area contributed by atoms with Gasteiger partial charge in [-0.25, -0.2) is 0 Å². The molecule has 0 saturated heterocycles. The van der Waals surface area contributed by atoms with Gasteiger partial charge in [-0.3, -0.25) is 4.79 Å².